The summed E-state index contributed by atoms with van der Waals surface area (Å²) in [5.74, 6) is -0.802. The Kier molecular flexibility index (Phi) is 4.72. The van der Waals surface area contributed by atoms with Crippen molar-refractivity contribution < 1.29 is 23.4 Å². The molecule has 2 aliphatic heterocycles. The average Bonchev–Trinajstić information content (AvgIpc) is 2.95. The SMILES string of the molecule is C[C@H](O[Si](C)(C)C)[C@@H]1OC(=O)[C@@H]2C[C@@H]([C@@]3(C)OCC(C)(C)O3)C=C[C@@H]12. The molecule has 2 heterocycles. The van der Waals surface area contributed by atoms with E-state index in [1.165, 1.54) is 0 Å². The van der Waals surface area contributed by atoms with Crippen LogP contribution in [-0.4, -0.2) is 44.5 Å². The molecule has 0 radical (unpaired) electrons. The summed E-state index contributed by atoms with van der Waals surface area (Å²) in [5, 5.41) is 0. The van der Waals surface area contributed by atoms with Crippen LogP contribution in [0.15, 0.2) is 12.2 Å². The monoisotopic (exact) mass is 368 g/mol. The number of hydrogen-bond acceptors (Lipinski definition) is 5. The molecule has 25 heavy (non-hydrogen) atoms. The number of rotatable bonds is 4. The number of carbonyl (C=O) groups excluding carboxylic acids is 1. The van der Waals surface area contributed by atoms with Crippen molar-refractivity contribution in [2.45, 2.75) is 77.4 Å². The number of carbonyl (C=O) groups is 1. The van der Waals surface area contributed by atoms with Gasteiger partial charge in [0, 0.05) is 11.8 Å². The molecule has 0 aromatic carbocycles. The Labute approximate surface area is 152 Å². The molecule has 0 bridgehead atoms. The van der Waals surface area contributed by atoms with Crippen LogP contribution >= 0.6 is 0 Å². The molecule has 0 aromatic rings. The van der Waals surface area contributed by atoms with Gasteiger partial charge >= 0.3 is 5.97 Å². The van der Waals surface area contributed by atoms with E-state index in [4.69, 9.17) is 18.6 Å². The van der Waals surface area contributed by atoms with E-state index in [0.717, 1.165) is 0 Å². The second-order valence-electron chi connectivity index (χ2n) is 9.41. The first kappa shape index (κ1) is 19.1. The van der Waals surface area contributed by atoms with Gasteiger partial charge in [-0.15, -0.1) is 0 Å². The van der Waals surface area contributed by atoms with Gasteiger partial charge in [-0.1, -0.05) is 12.2 Å². The Bertz CT molecular complexity index is 567. The lowest BCUT2D eigenvalue weighted by atomic mass is 9.75. The van der Waals surface area contributed by atoms with Gasteiger partial charge < -0.3 is 18.6 Å². The van der Waals surface area contributed by atoms with Crippen molar-refractivity contribution in [3.63, 3.8) is 0 Å². The normalized spacial score (nSPS) is 41.5. The molecule has 0 unspecified atom stereocenters. The van der Waals surface area contributed by atoms with Gasteiger partial charge in [0.15, 0.2) is 14.1 Å². The van der Waals surface area contributed by atoms with Crippen LogP contribution in [0.5, 0.6) is 0 Å². The molecule has 0 saturated carbocycles. The molecule has 5 nitrogen and oxygen atoms in total. The third-order valence-electron chi connectivity index (χ3n) is 5.33. The topological polar surface area (TPSA) is 54.0 Å². The second kappa shape index (κ2) is 6.18. The van der Waals surface area contributed by atoms with E-state index in [1.807, 2.05) is 27.7 Å². The highest BCUT2D eigenvalue weighted by Crippen LogP contribution is 2.46. The lowest BCUT2D eigenvalue weighted by molar-refractivity contribution is -0.197. The molecular weight excluding hydrogens is 336 g/mol. The van der Waals surface area contributed by atoms with Crippen LogP contribution in [0.2, 0.25) is 19.6 Å². The van der Waals surface area contributed by atoms with E-state index in [9.17, 15) is 4.79 Å². The van der Waals surface area contributed by atoms with Gasteiger partial charge in [0.2, 0.25) is 0 Å². The summed E-state index contributed by atoms with van der Waals surface area (Å²) in [6.45, 7) is 15.1. The predicted molar refractivity (Wildman–Crippen MR) is 97.5 cm³/mol. The van der Waals surface area contributed by atoms with Crippen LogP contribution in [0.1, 0.15) is 34.1 Å². The van der Waals surface area contributed by atoms with Crippen molar-refractivity contribution in [1.82, 2.24) is 0 Å². The lowest BCUT2D eigenvalue weighted by Gasteiger charge is -2.37. The molecule has 2 saturated heterocycles. The minimum Gasteiger partial charge on any atom is -0.459 e. The molecule has 0 spiro atoms. The Morgan fingerprint density at radius 3 is 2.48 bits per heavy atom. The van der Waals surface area contributed by atoms with E-state index in [0.29, 0.717) is 13.0 Å². The number of esters is 1. The summed E-state index contributed by atoms with van der Waals surface area (Å²) >= 11 is 0. The van der Waals surface area contributed by atoms with Crippen LogP contribution in [0.25, 0.3) is 0 Å². The van der Waals surface area contributed by atoms with Crippen LogP contribution in [0.3, 0.4) is 0 Å². The Morgan fingerprint density at radius 1 is 1.24 bits per heavy atom. The van der Waals surface area contributed by atoms with Crippen LogP contribution in [0, 0.1) is 17.8 Å². The van der Waals surface area contributed by atoms with Crippen LogP contribution in [0.4, 0.5) is 0 Å². The number of ether oxygens (including phenoxy) is 3. The quantitative estimate of drug-likeness (QED) is 0.432. The van der Waals surface area contributed by atoms with Crippen molar-refractivity contribution in [2.75, 3.05) is 6.61 Å². The van der Waals surface area contributed by atoms with Gasteiger partial charge in [0.1, 0.15) is 6.10 Å². The molecule has 2 fully saturated rings. The maximum Gasteiger partial charge on any atom is 0.310 e. The number of hydrogen-bond donors (Lipinski definition) is 0. The summed E-state index contributed by atoms with van der Waals surface area (Å²) in [6, 6.07) is 0. The molecule has 0 N–H and O–H groups in total. The molecule has 3 rings (SSSR count). The van der Waals surface area contributed by atoms with Crippen LogP contribution in [-0.2, 0) is 23.4 Å². The van der Waals surface area contributed by atoms with Gasteiger partial charge in [0.25, 0.3) is 0 Å². The first-order chi connectivity index (χ1) is 11.4. The Morgan fingerprint density at radius 2 is 1.92 bits per heavy atom. The van der Waals surface area contributed by atoms with E-state index >= 15 is 0 Å². The number of fused-ring (bicyclic) bond motifs is 1. The van der Waals surface area contributed by atoms with E-state index in [1.54, 1.807) is 0 Å². The van der Waals surface area contributed by atoms with Crippen LogP contribution < -0.4 is 0 Å². The van der Waals surface area contributed by atoms with Crippen molar-refractivity contribution in [1.29, 1.82) is 0 Å². The highest BCUT2D eigenvalue weighted by molar-refractivity contribution is 6.69. The first-order valence-electron chi connectivity index (χ1n) is 9.31. The summed E-state index contributed by atoms with van der Waals surface area (Å²) in [7, 11) is -1.68. The minimum atomic E-state index is -1.68. The highest BCUT2D eigenvalue weighted by atomic mass is 28.4. The first-order valence-corrected chi connectivity index (χ1v) is 12.7. The molecule has 0 aromatic heterocycles. The summed E-state index contributed by atoms with van der Waals surface area (Å²) < 4.78 is 24.0. The van der Waals surface area contributed by atoms with Gasteiger partial charge in [-0.2, -0.15) is 0 Å². The Balaban J connectivity index is 1.74. The fraction of sp³-hybridized carbons (Fsp3) is 0.842. The zero-order valence-electron chi connectivity index (χ0n) is 16.5. The molecule has 1 aliphatic carbocycles. The standard InChI is InChI=1S/C19H32O5Si/c1-12(23-25(5,6)7)16-14-9-8-13(10-15(14)17(20)22-16)19(4)21-11-18(2,3)24-19/h8-9,12-16H,10-11H2,1-7H3/t12-,13-,14+,15+,16-,19-/m0/s1. The van der Waals surface area contributed by atoms with Crippen molar-refractivity contribution in [2.24, 2.45) is 17.8 Å². The predicted octanol–water partition coefficient (Wildman–Crippen LogP) is 3.50. The van der Waals surface area contributed by atoms with Crippen molar-refractivity contribution >= 4 is 14.3 Å². The molecule has 142 valence electrons. The zero-order valence-corrected chi connectivity index (χ0v) is 17.5. The second-order valence-corrected chi connectivity index (χ2v) is 13.9. The van der Waals surface area contributed by atoms with Crippen molar-refractivity contribution in [3.05, 3.63) is 12.2 Å². The van der Waals surface area contributed by atoms with E-state index in [-0.39, 0.29) is 41.5 Å². The Hall–Kier alpha value is -0.693. The third kappa shape index (κ3) is 3.87. The minimum absolute atomic E-state index is 0.0510. The van der Waals surface area contributed by atoms with E-state index < -0.39 is 14.1 Å². The van der Waals surface area contributed by atoms with Gasteiger partial charge in [-0.05, 0) is 53.8 Å². The van der Waals surface area contributed by atoms with Gasteiger partial charge in [-0.3, -0.25) is 4.79 Å². The maximum absolute atomic E-state index is 12.5. The smallest absolute Gasteiger partial charge is 0.310 e. The van der Waals surface area contributed by atoms with E-state index in [2.05, 4.69) is 31.8 Å². The largest absolute Gasteiger partial charge is 0.459 e. The third-order valence-corrected chi connectivity index (χ3v) is 6.41. The summed E-state index contributed by atoms with van der Waals surface area (Å²) in [5.41, 5.74) is -0.294. The van der Waals surface area contributed by atoms with Crippen molar-refractivity contribution in [3.8, 4) is 0 Å². The maximum atomic E-state index is 12.5. The zero-order chi connectivity index (χ0) is 18.6. The summed E-state index contributed by atoms with van der Waals surface area (Å²) in [4.78, 5) is 12.5. The average molecular weight is 369 g/mol. The van der Waals surface area contributed by atoms with Gasteiger partial charge in [0.05, 0.1) is 24.2 Å². The number of cyclic esters (lactones) is 1. The summed E-state index contributed by atoms with van der Waals surface area (Å²) in [6.07, 6.45) is 4.69. The highest BCUT2D eigenvalue weighted by Gasteiger charge is 2.54. The molecule has 0 amide bonds. The van der Waals surface area contributed by atoms with Gasteiger partial charge in [-0.25, -0.2) is 0 Å². The molecule has 6 atom stereocenters. The fourth-order valence-electron chi connectivity index (χ4n) is 4.33. The molecular formula is C19H32O5Si. The molecule has 6 heteroatoms. The molecule has 3 aliphatic rings. The lowest BCUT2D eigenvalue weighted by Crippen LogP contribution is -2.43. The fourth-order valence-corrected chi connectivity index (χ4v) is 5.58.